The number of nitrogens with one attached hydrogen (secondary N) is 1. The van der Waals surface area contributed by atoms with E-state index in [1.807, 2.05) is 6.92 Å². The predicted octanol–water partition coefficient (Wildman–Crippen LogP) is 2.10. The number of fused-ring (bicyclic) bond motifs is 1. The number of rotatable bonds is 5. The van der Waals surface area contributed by atoms with E-state index in [-0.39, 0.29) is 11.6 Å². The topological polar surface area (TPSA) is 95.6 Å². The summed E-state index contributed by atoms with van der Waals surface area (Å²) < 4.78 is 5.44. The van der Waals surface area contributed by atoms with E-state index < -0.39 is 12.1 Å². The summed E-state index contributed by atoms with van der Waals surface area (Å²) in [6, 6.07) is 4.86. The van der Waals surface area contributed by atoms with Gasteiger partial charge in [-0.15, -0.1) is 0 Å². The van der Waals surface area contributed by atoms with Crippen LogP contribution in [0.1, 0.15) is 30.6 Å². The first-order valence-electron chi connectivity index (χ1n) is 6.04. The first kappa shape index (κ1) is 13.4. The second-order valence-electron chi connectivity index (χ2n) is 4.64. The van der Waals surface area contributed by atoms with Crippen molar-refractivity contribution in [3.63, 3.8) is 0 Å². The Bertz CT molecular complexity index is 591. The van der Waals surface area contributed by atoms with Crippen molar-refractivity contribution in [2.24, 2.45) is 0 Å². The van der Waals surface area contributed by atoms with E-state index in [0.717, 1.165) is 0 Å². The van der Waals surface area contributed by atoms with Gasteiger partial charge in [0.2, 0.25) is 0 Å². The Hall–Kier alpha value is -2.08. The molecule has 0 fully saturated rings. The van der Waals surface area contributed by atoms with Crippen LogP contribution in [0.25, 0.3) is 11.1 Å². The second kappa shape index (κ2) is 5.27. The van der Waals surface area contributed by atoms with Crippen LogP contribution in [-0.2, 0) is 0 Å². The Morgan fingerprint density at radius 1 is 1.47 bits per heavy atom. The summed E-state index contributed by atoms with van der Waals surface area (Å²) in [5.41, 5.74) is 1.18. The standard InChI is InChI=1S/C13H16N2O4/c1-7(5-8(2)16)14-13-15-10-4-3-9(12(17)18)6-11(10)19-13/h3-4,6-8,16H,5H2,1-2H3,(H,14,15)(H,17,18). The highest BCUT2D eigenvalue weighted by atomic mass is 16.4. The van der Waals surface area contributed by atoms with Crippen molar-refractivity contribution >= 4 is 23.1 Å². The molecule has 2 rings (SSSR count). The largest absolute Gasteiger partial charge is 0.478 e. The quantitative estimate of drug-likeness (QED) is 0.765. The Kier molecular flexibility index (Phi) is 3.71. The van der Waals surface area contributed by atoms with Gasteiger partial charge in [-0.3, -0.25) is 0 Å². The fourth-order valence-corrected chi connectivity index (χ4v) is 1.90. The first-order chi connectivity index (χ1) is 8.95. The lowest BCUT2D eigenvalue weighted by Crippen LogP contribution is -2.20. The molecule has 102 valence electrons. The van der Waals surface area contributed by atoms with E-state index in [1.165, 1.54) is 12.1 Å². The van der Waals surface area contributed by atoms with Crippen molar-refractivity contribution in [1.29, 1.82) is 0 Å². The van der Waals surface area contributed by atoms with Gasteiger partial charge in [0.15, 0.2) is 5.58 Å². The van der Waals surface area contributed by atoms with Crippen LogP contribution >= 0.6 is 0 Å². The second-order valence-corrected chi connectivity index (χ2v) is 4.64. The molecule has 19 heavy (non-hydrogen) atoms. The Morgan fingerprint density at radius 2 is 2.21 bits per heavy atom. The molecule has 1 aromatic heterocycles. The number of anilines is 1. The molecule has 2 aromatic rings. The Balaban J connectivity index is 2.19. The minimum absolute atomic E-state index is 0.00649. The number of carboxylic acids is 1. The van der Waals surface area contributed by atoms with Gasteiger partial charge in [-0.2, -0.15) is 4.98 Å². The molecule has 0 radical (unpaired) electrons. The minimum atomic E-state index is -1.00. The highest BCUT2D eigenvalue weighted by Gasteiger charge is 2.12. The number of aromatic carboxylic acids is 1. The van der Waals surface area contributed by atoms with Crippen LogP contribution in [0.4, 0.5) is 6.01 Å². The third-order valence-electron chi connectivity index (χ3n) is 2.70. The van der Waals surface area contributed by atoms with Crippen LogP contribution in [0.15, 0.2) is 22.6 Å². The van der Waals surface area contributed by atoms with Crippen molar-refractivity contribution in [1.82, 2.24) is 4.98 Å². The van der Waals surface area contributed by atoms with E-state index in [2.05, 4.69) is 10.3 Å². The monoisotopic (exact) mass is 264 g/mol. The normalized spacial score (nSPS) is 14.3. The highest BCUT2D eigenvalue weighted by molar-refractivity contribution is 5.92. The van der Waals surface area contributed by atoms with Gasteiger partial charge in [0.05, 0.1) is 11.7 Å². The number of hydrogen-bond donors (Lipinski definition) is 3. The van der Waals surface area contributed by atoms with Gasteiger partial charge in [0.1, 0.15) is 5.52 Å². The van der Waals surface area contributed by atoms with Crippen LogP contribution in [0.2, 0.25) is 0 Å². The number of carboxylic acid groups (broad SMARTS) is 1. The molecule has 0 aliphatic rings. The summed E-state index contributed by atoms with van der Waals surface area (Å²) in [6.45, 7) is 3.62. The average Bonchev–Trinajstić information content (AvgIpc) is 2.68. The van der Waals surface area contributed by atoms with Gasteiger partial charge in [-0.05, 0) is 38.5 Å². The number of nitrogens with zero attached hydrogens (tertiary/aromatic N) is 1. The molecule has 0 saturated carbocycles. The number of benzene rings is 1. The molecule has 6 heteroatoms. The van der Waals surface area contributed by atoms with Gasteiger partial charge in [0, 0.05) is 6.04 Å². The summed E-state index contributed by atoms with van der Waals surface area (Å²) in [4.78, 5) is 15.1. The van der Waals surface area contributed by atoms with E-state index in [4.69, 9.17) is 9.52 Å². The number of aliphatic hydroxyl groups is 1. The maximum atomic E-state index is 10.8. The fourth-order valence-electron chi connectivity index (χ4n) is 1.90. The minimum Gasteiger partial charge on any atom is -0.478 e. The molecule has 2 unspecified atom stereocenters. The van der Waals surface area contributed by atoms with Crippen LogP contribution in [0.5, 0.6) is 0 Å². The van der Waals surface area contributed by atoms with E-state index in [1.54, 1.807) is 13.0 Å². The molecular formula is C13H16N2O4. The van der Waals surface area contributed by atoms with Crippen LogP contribution in [-0.4, -0.2) is 33.3 Å². The molecule has 3 N–H and O–H groups in total. The molecule has 1 heterocycles. The van der Waals surface area contributed by atoms with E-state index in [0.29, 0.717) is 23.5 Å². The van der Waals surface area contributed by atoms with Crippen molar-refractivity contribution in [3.05, 3.63) is 23.8 Å². The maximum absolute atomic E-state index is 10.8. The van der Waals surface area contributed by atoms with Gasteiger partial charge >= 0.3 is 5.97 Å². The van der Waals surface area contributed by atoms with Gasteiger partial charge < -0.3 is 19.9 Å². The molecule has 0 aliphatic heterocycles. The van der Waals surface area contributed by atoms with Crippen molar-refractivity contribution in [2.75, 3.05) is 5.32 Å². The smallest absolute Gasteiger partial charge is 0.335 e. The van der Waals surface area contributed by atoms with Gasteiger partial charge in [-0.25, -0.2) is 4.79 Å². The molecule has 0 spiro atoms. The molecule has 0 amide bonds. The maximum Gasteiger partial charge on any atom is 0.335 e. The lowest BCUT2D eigenvalue weighted by Gasteiger charge is -2.13. The third-order valence-corrected chi connectivity index (χ3v) is 2.70. The first-order valence-corrected chi connectivity index (χ1v) is 6.04. The number of aliphatic hydroxyl groups excluding tert-OH is 1. The average molecular weight is 264 g/mol. The summed E-state index contributed by atoms with van der Waals surface area (Å²) in [7, 11) is 0. The number of aromatic nitrogens is 1. The third kappa shape index (κ3) is 3.23. The molecule has 0 bridgehead atoms. The summed E-state index contributed by atoms with van der Waals surface area (Å²) >= 11 is 0. The van der Waals surface area contributed by atoms with Gasteiger partial charge in [-0.1, -0.05) is 0 Å². The number of oxazole rings is 1. The lowest BCUT2D eigenvalue weighted by molar-refractivity contribution is 0.0697. The Morgan fingerprint density at radius 3 is 2.84 bits per heavy atom. The van der Waals surface area contributed by atoms with E-state index >= 15 is 0 Å². The molecule has 1 aromatic carbocycles. The lowest BCUT2D eigenvalue weighted by atomic mass is 10.2. The van der Waals surface area contributed by atoms with Crippen LogP contribution in [0.3, 0.4) is 0 Å². The molecular weight excluding hydrogens is 248 g/mol. The molecule has 0 aliphatic carbocycles. The number of carbonyl (C=O) groups is 1. The van der Waals surface area contributed by atoms with E-state index in [9.17, 15) is 9.90 Å². The molecule has 0 saturated heterocycles. The fraction of sp³-hybridized carbons (Fsp3) is 0.385. The summed E-state index contributed by atoms with van der Waals surface area (Å²) in [6.07, 6.45) is 0.157. The van der Waals surface area contributed by atoms with Crippen molar-refractivity contribution < 1.29 is 19.4 Å². The Labute approximate surface area is 110 Å². The predicted molar refractivity (Wildman–Crippen MR) is 70.4 cm³/mol. The number of hydrogen-bond acceptors (Lipinski definition) is 5. The summed E-state index contributed by atoms with van der Waals surface area (Å²) in [5, 5.41) is 21.2. The zero-order valence-corrected chi connectivity index (χ0v) is 10.8. The highest BCUT2D eigenvalue weighted by Crippen LogP contribution is 2.21. The van der Waals surface area contributed by atoms with Gasteiger partial charge in [0.25, 0.3) is 6.01 Å². The van der Waals surface area contributed by atoms with Crippen molar-refractivity contribution in [3.8, 4) is 0 Å². The van der Waals surface area contributed by atoms with Crippen LogP contribution in [0, 0.1) is 0 Å². The molecule has 2 atom stereocenters. The summed E-state index contributed by atoms with van der Waals surface area (Å²) in [5.74, 6) is -1.00. The zero-order chi connectivity index (χ0) is 14.0. The van der Waals surface area contributed by atoms with Crippen LogP contribution < -0.4 is 5.32 Å². The SMILES string of the molecule is CC(O)CC(C)Nc1nc2ccc(C(=O)O)cc2o1. The zero-order valence-electron chi connectivity index (χ0n) is 10.8. The molecule has 6 nitrogen and oxygen atoms in total. The van der Waals surface area contributed by atoms with Crippen molar-refractivity contribution in [2.45, 2.75) is 32.4 Å².